The highest BCUT2D eigenvalue weighted by Crippen LogP contribution is 2.27. The van der Waals surface area contributed by atoms with E-state index in [1.807, 2.05) is 24.4 Å². The van der Waals surface area contributed by atoms with Gasteiger partial charge in [-0.3, -0.25) is 4.79 Å². The number of piperidine rings is 1. The highest BCUT2D eigenvalue weighted by Gasteiger charge is 2.28. The van der Waals surface area contributed by atoms with Crippen LogP contribution in [0.3, 0.4) is 0 Å². The Bertz CT molecular complexity index is 667. The SMILES string of the molecule is CCc1cc(N2CCC[C@@H](C(=O)c3sccc3C)C2)ncn1. The molecule has 22 heavy (non-hydrogen) atoms. The average Bonchev–Trinajstić information content (AvgIpc) is 3.00. The van der Waals surface area contributed by atoms with Crippen molar-refractivity contribution >= 4 is 22.9 Å². The van der Waals surface area contributed by atoms with Crippen molar-refractivity contribution in [3.63, 3.8) is 0 Å². The quantitative estimate of drug-likeness (QED) is 0.810. The second-order valence-electron chi connectivity index (χ2n) is 5.80. The molecule has 0 saturated carbocycles. The molecule has 0 aromatic carbocycles. The maximum atomic E-state index is 12.7. The van der Waals surface area contributed by atoms with Gasteiger partial charge >= 0.3 is 0 Å². The van der Waals surface area contributed by atoms with Crippen molar-refractivity contribution in [1.82, 2.24) is 9.97 Å². The van der Waals surface area contributed by atoms with Crippen molar-refractivity contribution in [2.24, 2.45) is 5.92 Å². The summed E-state index contributed by atoms with van der Waals surface area (Å²) < 4.78 is 0. The van der Waals surface area contributed by atoms with Gasteiger partial charge in [-0.2, -0.15) is 0 Å². The fourth-order valence-electron chi connectivity index (χ4n) is 2.96. The van der Waals surface area contributed by atoms with Crippen molar-refractivity contribution < 1.29 is 4.79 Å². The number of ketones is 1. The monoisotopic (exact) mass is 315 g/mol. The molecule has 0 bridgehead atoms. The van der Waals surface area contributed by atoms with Gasteiger partial charge < -0.3 is 4.90 Å². The topological polar surface area (TPSA) is 46.1 Å². The van der Waals surface area contributed by atoms with Crippen LogP contribution in [-0.4, -0.2) is 28.8 Å². The molecule has 1 aliphatic heterocycles. The lowest BCUT2D eigenvalue weighted by molar-refractivity contribution is 0.0910. The maximum absolute atomic E-state index is 12.7. The summed E-state index contributed by atoms with van der Waals surface area (Å²) in [7, 11) is 0. The normalized spacial score (nSPS) is 18.5. The van der Waals surface area contributed by atoms with Crippen LogP contribution in [0.1, 0.15) is 40.7 Å². The van der Waals surface area contributed by atoms with Crippen LogP contribution in [-0.2, 0) is 6.42 Å². The first-order chi connectivity index (χ1) is 10.7. The number of rotatable bonds is 4. The number of hydrogen-bond acceptors (Lipinski definition) is 5. The standard InChI is InChI=1S/C17H21N3OS/c1-3-14-9-15(19-11-18-14)20-7-4-5-13(10-20)16(21)17-12(2)6-8-22-17/h6,8-9,11,13H,3-5,7,10H2,1-2H3/t13-/m1/s1. The number of aryl methyl sites for hydroxylation is 2. The van der Waals surface area contributed by atoms with E-state index in [0.717, 1.165) is 54.3 Å². The predicted molar refractivity (Wildman–Crippen MR) is 89.7 cm³/mol. The van der Waals surface area contributed by atoms with E-state index >= 15 is 0 Å². The van der Waals surface area contributed by atoms with Crippen LogP contribution < -0.4 is 4.90 Å². The van der Waals surface area contributed by atoms with E-state index in [-0.39, 0.29) is 5.92 Å². The number of carbonyl (C=O) groups excluding carboxylic acids is 1. The molecule has 0 aliphatic carbocycles. The van der Waals surface area contributed by atoms with E-state index in [1.54, 1.807) is 17.7 Å². The lowest BCUT2D eigenvalue weighted by atomic mass is 9.92. The number of Topliss-reactive ketones (excluding diaryl/α,β-unsaturated/α-hetero) is 1. The molecule has 0 spiro atoms. The fraction of sp³-hybridized carbons (Fsp3) is 0.471. The lowest BCUT2D eigenvalue weighted by Crippen LogP contribution is -2.39. The van der Waals surface area contributed by atoms with Crippen LogP contribution in [0, 0.1) is 12.8 Å². The fourth-order valence-corrected chi connectivity index (χ4v) is 3.91. The number of thiophene rings is 1. The van der Waals surface area contributed by atoms with E-state index in [4.69, 9.17) is 0 Å². The molecular weight excluding hydrogens is 294 g/mol. The molecule has 3 heterocycles. The minimum Gasteiger partial charge on any atom is -0.356 e. The van der Waals surface area contributed by atoms with Crippen molar-refractivity contribution in [3.8, 4) is 0 Å². The van der Waals surface area contributed by atoms with Crippen LogP contribution in [0.25, 0.3) is 0 Å². The Morgan fingerprint density at radius 2 is 2.32 bits per heavy atom. The summed E-state index contributed by atoms with van der Waals surface area (Å²) >= 11 is 1.56. The molecule has 1 aliphatic rings. The summed E-state index contributed by atoms with van der Waals surface area (Å²) in [5.41, 5.74) is 2.15. The van der Waals surface area contributed by atoms with Gasteiger partial charge in [0.2, 0.25) is 0 Å². The van der Waals surface area contributed by atoms with Gasteiger partial charge in [0.05, 0.1) is 4.88 Å². The molecule has 0 unspecified atom stereocenters. The largest absolute Gasteiger partial charge is 0.356 e. The summed E-state index contributed by atoms with van der Waals surface area (Å²) in [6.45, 7) is 5.83. The Labute approximate surface area is 135 Å². The number of carbonyl (C=O) groups is 1. The molecule has 116 valence electrons. The lowest BCUT2D eigenvalue weighted by Gasteiger charge is -2.32. The number of nitrogens with zero attached hydrogens (tertiary/aromatic N) is 3. The van der Waals surface area contributed by atoms with Crippen molar-refractivity contribution in [3.05, 3.63) is 40.0 Å². The van der Waals surface area contributed by atoms with Gasteiger partial charge in [0.1, 0.15) is 12.1 Å². The van der Waals surface area contributed by atoms with Crippen LogP contribution in [0.4, 0.5) is 5.82 Å². The van der Waals surface area contributed by atoms with Gasteiger partial charge in [-0.1, -0.05) is 6.92 Å². The third kappa shape index (κ3) is 3.04. The first-order valence-electron chi connectivity index (χ1n) is 7.83. The Morgan fingerprint density at radius 1 is 1.45 bits per heavy atom. The van der Waals surface area contributed by atoms with Crippen LogP contribution in [0.2, 0.25) is 0 Å². The molecule has 4 nitrogen and oxygen atoms in total. The van der Waals surface area contributed by atoms with E-state index in [9.17, 15) is 4.79 Å². The number of hydrogen-bond donors (Lipinski definition) is 0. The van der Waals surface area contributed by atoms with Crippen LogP contribution in [0.15, 0.2) is 23.8 Å². The number of anilines is 1. The van der Waals surface area contributed by atoms with Gasteiger partial charge in [0.15, 0.2) is 5.78 Å². The molecule has 3 rings (SSSR count). The highest BCUT2D eigenvalue weighted by molar-refractivity contribution is 7.12. The van der Waals surface area contributed by atoms with Gasteiger partial charge in [-0.15, -0.1) is 11.3 Å². The van der Waals surface area contributed by atoms with Crippen molar-refractivity contribution in [1.29, 1.82) is 0 Å². The molecule has 2 aromatic heterocycles. The van der Waals surface area contributed by atoms with Crippen LogP contribution in [0.5, 0.6) is 0 Å². The van der Waals surface area contributed by atoms with Crippen molar-refractivity contribution in [2.45, 2.75) is 33.1 Å². The summed E-state index contributed by atoms with van der Waals surface area (Å²) in [4.78, 5) is 24.5. The van der Waals surface area contributed by atoms with Crippen LogP contribution >= 0.6 is 11.3 Å². The second kappa shape index (κ2) is 6.57. The summed E-state index contributed by atoms with van der Waals surface area (Å²) in [6, 6.07) is 4.07. The van der Waals surface area contributed by atoms with E-state index in [0.29, 0.717) is 5.78 Å². The molecule has 0 amide bonds. The third-order valence-electron chi connectivity index (χ3n) is 4.27. The molecule has 2 aromatic rings. The predicted octanol–water partition coefficient (Wildman–Crippen LogP) is 3.51. The van der Waals surface area contributed by atoms with Gasteiger partial charge in [0.25, 0.3) is 0 Å². The van der Waals surface area contributed by atoms with Gasteiger partial charge in [-0.05, 0) is 43.2 Å². The Kier molecular flexibility index (Phi) is 4.52. The van der Waals surface area contributed by atoms with E-state index < -0.39 is 0 Å². The summed E-state index contributed by atoms with van der Waals surface area (Å²) in [5, 5.41) is 2.00. The molecule has 0 radical (unpaired) electrons. The molecule has 0 N–H and O–H groups in total. The van der Waals surface area contributed by atoms with E-state index in [2.05, 4.69) is 21.8 Å². The van der Waals surface area contributed by atoms with Gasteiger partial charge in [0, 0.05) is 30.8 Å². The van der Waals surface area contributed by atoms with E-state index in [1.165, 1.54) is 0 Å². The molecule has 1 saturated heterocycles. The highest BCUT2D eigenvalue weighted by atomic mass is 32.1. The van der Waals surface area contributed by atoms with Crippen molar-refractivity contribution in [2.75, 3.05) is 18.0 Å². The molecule has 5 heteroatoms. The summed E-state index contributed by atoms with van der Waals surface area (Å²) in [5.74, 6) is 1.32. The number of aromatic nitrogens is 2. The zero-order chi connectivity index (χ0) is 15.5. The molecule has 1 atom stereocenters. The summed E-state index contributed by atoms with van der Waals surface area (Å²) in [6.07, 6.45) is 4.54. The smallest absolute Gasteiger partial charge is 0.177 e. The zero-order valence-electron chi connectivity index (χ0n) is 13.1. The first kappa shape index (κ1) is 15.2. The van der Waals surface area contributed by atoms with Gasteiger partial charge in [-0.25, -0.2) is 9.97 Å². The molecule has 1 fully saturated rings. The minimum absolute atomic E-state index is 0.0751. The first-order valence-corrected chi connectivity index (χ1v) is 8.71. The Hall–Kier alpha value is -1.75. The third-order valence-corrected chi connectivity index (χ3v) is 5.30. The Morgan fingerprint density at radius 3 is 3.05 bits per heavy atom. The second-order valence-corrected chi connectivity index (χ2v) is 6.72. The Balaban J connectivity index is 1.76. The maximum Gasteiger partial charge on any atom is 0.177 e. The zero-order valence-corrected chi connectivity index (χ0v) is 13.9. The minimum atomic E-state index is 0.0751. The molecular formula is C17H21N3OS. The average molecular weight is 315 g/mol.